The van der Waals surface area contributed by atoms with Crippen LogP contribution in [0.5, 0.6) is 0 Å². The number of carbonyl (C=O) groups excluding carboxylic acids is 2. The molecule has 0 aromatic carbocycles. The molecule has 2 N–H and O–H groups in total. The van der Waals surface area contributed by atoms with Crippen molar-refractivity contribution in [2.75, 3.05) is 11.5 Å². The van der Waals surface area contributed by atoms with Crippen LogP contribution in [0.3, 0.4) is 0 Å². The summed E-state index contributed by atoms with van der Waals surface area (Å²) in [6.45, 7) is 2.99. The van der Waals surface area contributed by atoms with Crippen LogP contribution in [0.2, 0.25) is 5.02 Å². The number of amides is 2. The lowest BCUT2D eigenvalue weighted by atomic mass is 10.0. The first kappa shape index (κ1) is 26.8. The fraction of sp³-hybridized carbons (Fsp3) is 0.474. The second kappa shape index (κ2) is 10.2. The first-order valence-corrected chi connectivity index (χ1v) is 13.5. The fourth-order valence-electron chi connectivity index (χ4n) is 3.66. The zero-order valence-electron chi connectivity index (χ0n) is 18.6. The number of halogens is 4. The van der Waals surface area contributed by atoms with Crippen molar-refractivity contribution in [3.8, 4) is 0 Å². The molecule has 0 saturated carbocycles. The molecule has 0 bridgehead atoms. The van der Waals surface area contributed by atoms with Crippen LogP contribution >= 0.6 is 46.5 Å². The van der Waals surface area contributed by atoms with Gasteiger partial charge in [0.15, 0.2) is 10.0 Å². The van der Waals surface area contributed by atoms with Crippen molar-refractivity contribution >= 4 is 64.2 Å². The van der Waals surface area contributed by atoms with E-state index in [4.69, 9.17) is 11.6 Å². The molecule has 2 aliphatic rings. The first-order chi connectivity index (χ1) is 16.9. The minimum atomic E-state index is -4.72. The Morgan fingerprint density at radius 1 is 1.31 bits per heavy atom. The molecule has 4 heterocycles. The Bertz CT molecular complexity index is 1260. The van der Waals surface area contributed by atoms with Crippen LogP contribution in [0.4, 0.5) is 13.2 Å². The number of alkyl halides is 3. The molecule has 2 atom stereocenters. The van der Waals surface area contributed by atoms with Gasteiger partial charge in [-0.25, -0.2) is 4.79 Å². The van der Waals surface area contributed by atoms with Crippen molar-refractivity contribution < 1.29 is 32.7 Å². The summed E-state index contributed by atoms with van der Waals surface area (Å²) >= 11 is 9.76. The predicted octanol–water partition coefficient (Wildman–Crippen LogP) is 2.94. The number of aliphatic carboxylic acids is 1. The van der Waals surface area contributed by atoms with Crippen LogP contribution in [-0.2, 0) is 27.1 Å². The number of β-lactam (4-membered cyclic amide) rings is 1. The molecule has 36 heavy (non-hydrogen) atoms. The number of aromatic nitrogens is 4. The maximum absolute atomic E-state index is 13.0. The molecule has 2 aromatic heterocycles. The van der Waals surface area contributed by atoms with Crippen LogP contribution in [0.1, 0.15) is 22.8 Å². The minimum absolute atomic E-state index is 0.0656. The van der Waals surface area contributed by atoms with E-state index in [1.807, 2.05) is 6.92 Å². The van der Waals surface area contributed by atoms with Gasteiger partial charge in [-0.15, -0.1) is 22.0 Å². The fourth-order valence-corrected chi connectivity index (χ4v) is 7.20. The van der Waals surface area contributed by atoms with Gasteiger partial charge in [0, 0.05) is 17.9 Å². The SMILES string of the molecule is Cc1nnc(SCC2=C(C(=O)O)N3C(=O)[C@@H](NC(=O)CCn4nc(C(F)(F)F)c(Cl)c4C)[C@H]3SC2)s1. The van der Waals surface area contributed by atoms with E-state index in [0.717, 1.165) is 14.6 Å². The molecule has 2 aliphatic heterocycles. The van der Waals surface area contributed by atoms with Gasteiger partial charge in [-0.2, -0.15) is 18.3 Å². The smallest absolute Gasteiger partial charge is 0.436 e. The van der Waals surface area contributed by atoms with E-state index in [1.54, 1.807) is 0 Å². The Hall–Kier alpha value is -2.30. The lowest BCUT2D eigenvalue weighted by molar-refractivity contribution is -0.150. The Morgan fingerprint density at radius 2 is 2.03 bits per heavy atom. The number of fused-ring (bicyclic) bond motifs is 1. The van der Waals surface area contributed by atoms with Gasteiger partial charge in [0.25, 0.3) is 5.91 Å². The molecule has 10 nitrogen and oxygen atoms in total. The second-order valence-electron chi connectivity index (χ2n) is 7.81. The third-order valence-electron chi connectivity index (χ3n) is 5.40. The summed E-state index contributed by atoms with van der Waals surface area (Å²) in [6, 6.07) is -0.940. The maximum atomic E-state index is 13.0. The highest BCUT2D eigenvalue weighted by atomic mass is 35.5. The van der Waals surface area contributed by atoms with Gasteiger partial charge < -0.3 is 10.4 Å². The van der Waals surface area contributed by atoms with Crippen LogP contribution in [0.15, 0.2) is 15.6 Å². The molecule has 2 amide bonds. The van der Waals surface area contributed by atoms with Gasteiger partial charge in [0.1, 0.15) is 22.1 Å². The maximum Gasteiger partial charge on any atom is 0.436 e. The Kier molecular flexibility index (Phi) is 7.60. The number of nitrogens with one attached hydrogen (secondary N) is 1. The lowest BCUT2D eigenvalue weighted by Crippen LogP contribution is -2.70. The largest absolute Gasteiger partial charge is 0.477 e. The minimum Gasteiger partial charge on any atom is -0.477 e. The van der Waals surface area contributed by atoms with Gasteiger partial charge >= 0.3 is 12.1 Å². The monoisotopic (exact) mass is 582 g/mol. The van der Waals surface area contributed by atoms with Crippen molar-refractivity contribution in [3.05, 3.63) is 32.7 Å². The third-order valence-corrected chi connectivity index (χ3v) is 9.25. The highest BCUT2D eigenvalue weighted by Gasteiger charge is 2.54. The average Bonchev–Trinajstić information content (AvgIpc) is 3.36. The second-order valence-corrected chi connectivity index (χ2v) is 11.7. The van der Waals surface area contributed by atoms with Crippen LogP contribution in [0.25, 0.3) is 0 Å². The van der Waals surface area contributed by atoms with Gasteiger partial charge in [-0.05, 0) is 19.4 Å². The van der Waals surface area contributed by atoms with E-state index in [1.165, 1.54) is 41.8 Å². The van der Waals surface area contributed by atoms with Crippen molar-refractivity contribution in [2.24, 2.45) is 0 Å². The number of thioether (sulfide) groups is 2. The quantitative estimate of drug-likeness (QED) is 0.356. The number of hydrogen-bond donors (Lipinski definition) is 2. The molecule has 194 valence electrons. The number of hydrogen-bond acceptors (Lipinski definition) is 9. The van der Waals surface area contributed by atoms with Crippen molar-refractivity contribution in [1.82, 2.24) is 30.2 Å². The molecule has 1 saturated heterocycles. The molecule has 0 unspecified atom stereocenters. The summed E-state index contributed by atoms with van der Waals surface area (Å²) in [4.78, 5) is 38.3. The van der Waals surface area contributed by atoms with E-state index >= 15 is 0 Å². The third kappa shape index (κ3) is 5.21. The first-order valence-electron chi connectivity index (χ1n) is 10.3. The van der Waals surface area contributed by atoms with Gasteiger partial charge in [0.2, 0.25) is 5.91 Å². The predicted molar refractivity (Wildman–Crippen MR) is 127 cm³/mol. The van der Waals surface area contributed by atoms with Crippen molar-refractivity contribution in [1.29, 1.82) is 0 Å². The highest BCUT2D eigenvalue weighted by Crippen LogP contribution is 2.42. The summed E-state index contributed by atoms with van der Waals surface area (Å²) in [5.41, 5.74) is -0.708. The molecule has 4 rings (SSSR count). The van der Waals surface area contributed by atoms with E-state index < -0.39 is 46.1 Å². The zero-order chi connectivity index (χ0) is 26.4. The standard InChI is InChI=1S/C19H18ClF3N6O4S3/c1-7-11(20)14(19(21,22)23)27-28(7)4-3-10(30)24-12-15(31)29-13(17(32)33)9(5-34-16(12)29)6-35-18-26-25-8(2)36-18/h12,16H,3-6H2,1-2H3,(H,24,30)(H,32,33)/t12-,16-/m1/s1. The Morgan fingerprint density at radius 3 is 2.61 bits per heavy atom. The number of carboxylic acid groups (broad SMARTS) is 1. The number of aryl methyl sites for hydroxylation is 2. The van der Waals surface area contributed by atoms with Gasteiger partial charge in [-0.3, -0.25) is 19.2 Å². The average molecular weight is 583 g/mol. The molecular formula is C19H18ClF3N6O4S3. The van der Waals surface area contributed by atoms with Crippen molar-refractivity contribution in [2.45, 2.75) is 48.7 Å². The molecule has 0 spiro atoms. The molecule has 1 fully saturated rings. The molecule has 0 radical (unpaired) electrons. The van der Waals surface area contributed by atoms with E-state index in [0.29, 0.717) is 21.4 Å². The summed E-state index contributed by atoms with van der Waals surface area (Å²) in [5.74, 6) is -1.72. The summed E-state index contributed by atoms with van der Waals surface area (Å²) < 4.78 is 40.6. The lowest BCUT2D eigenvalue weighted by Gasteiger charge is -2.49. The van der Waals surface area contributed by atoms with Gasteiger partial charge in [0.05, 0.1) is 17.3 Å². The molecular weight excluding hydrogens is 565 g/mol. The van der Waals surface area contributed by atoms with E-state index in [-0.39, 0.29) is 24.4 Å². The molecule has 17 heteroatoms. The summed E-state index contributed by atoms with van der Waals surface area (Å²) in [5, 5.41) is 23.3. The number of carbonyl (C=O) groups is 3. The van der Waals surface area contributed by atoms with Crippen LogP contribution in [0, 0.1) is 13.8 Å². The normalized spacial score (nSPS) is 19.8. The molecule has 0 aliphatic carbocycles. The van der Waals surface area contributed by atoms with Crippen molar-refractivity contribution in [3.63, 3.8) is 0 Å². The number of nitrogens with zero attached hydrogens (tertiary/aromatic N) is 5. The Balaban J connectivity index is 1.38. The van der Waals surface area contributed by atoms with Crippen LogP contribution in [-0.4, -0.2) is 70.7 Å². The van der Waals surface area contributed by atoms with E-state index in [2.05, 4.69) is 20.6 Å². The van der Waals surface area contributed by atoms with Gasteiger partial charge in [-0.1, -0.05) is 34.7 Å². The number of carboxylic acids is 1. The van der Waals surface area contributed by atoms with E-state index in [9.17, 15) is 32.7 Å². The highest BCUT2D eigenvalue weighted by molar-refractivity contribution is 8.01. The topological polar surface area (TPSA) is 130 Å². The van der Waals surface area contributed by atoms with Crippen LogP contribution < -0.4 is 5.32 Å². The Labute approximate surface area is 219 Å². The molecule has 2 aromatic rings. The summed E-state index contributed by atoms with van der Waals surface area (Å²) in [6.07, 6.45) is -4.97. The summed E-state index contributed by atoms with van der Waals surface area (Å²) in [7, 11) is 0. The number of rotatable bonds is 8. The zero-order valence-corrected chi connectivity index (χ0v) is 21.8.